The average molecular weight is 224 g/mol. The highest BCUT2D eigenvalue weighted by Crippen LogP contribution is 2.25. The maximum atomic E-state index is 4.29. The topological polar surface area (TPSA) is 42.7 Å². The molecule has 1 unspecified atom stereocenters. The highest BCUT2D eigenvalue weighted by molar-refractivity contribution is 5.09. The first-order chi connectivity index (χ1) is 7.51. The van der Waals surface area contributed by atoms with Gasteiger partial charge < -0.3 is 5.32 Å². The summed E-state index contributed by atoms with van der Waals surface area (Å²) in [4.78, 5) is 0. The van der Waals surface area contributed by atoms with Gasteiger partial charge in [-0.1, -0.05) is 26.0 Å². The van der Waals surface area contributed by atoms with Crippen molar-refractivity contribution in [1.29, 1.82) is 0 Å². The Balaban J connectivity index is 2.76. The molecule has 0 bridgehead atoms. The SMILES string of the molecule is CCC(C)n1cc(C(C)(C)CCNC)nn1. The Morgan fingerprint density at radius 2 is 2.19 bits per heavy atom. The first-order valence-corrected chi connectivity index (χ1v) is 6.08. The number of hydrogen-bond donors (Lipinski definition) is 1. The van der Waals surface area contributed by atoms with Crippen LogP contribution in [0.25, 0.3) is 0 Å². The number of aromatic nitrogens is 3. The highest BCUT2D eigenvalue weighted by atomic mass is 15.4. The van der Waals surface area contributed by atoms with Gasteiger partial charge in [-0.3, -0.25) is 0 Å². The molecular formula is C12H24N4. The van der Waals surface area contributed by atoms with E-state index in [1.54, 1.807) is 0 Å². The Bertz CT molecular complexity index is 317. The van der Waals surface area contributed by atoms with Crippen molar-refractivity contribution in [1.82, 2.24) is 20.3 Å². The van der Waals surface area contributed by atoms with Gasteiger partial charge in [-0.2, -0.15) is 0 Å². The van der Waals surface area contributed by atoms with Crippen molar-refractivity contribution >= 4 is 0 Å². The smallest absolute Gasteiger partial charge is 0.0883 e. The molecule has 0 amide bonds. The van der Waals surface area contributed by atoms with Gasteiger partial charge in [-0.25, -0.2) is 4.68 Å². The quantitative estimate of drug-likeness (QED) is 0.805. The van der Waals surface area contributed by atoms with Gasteiger partial charge in [0.05, 0.1) is 11.7 Å². The summed E-state index contributed by atoms with van der Waals surface area (Å²) in [6.07, 6.45) is 4.24. The maximum absolute atomic E-state index is 4.29. The Hall–Kier alpha value is -0.900. The molecule has 0 radical (unpaired) electrons. The predicted molar refractivity (Wildman–Crippen MR) is 66.6 cm³/mol. The van der Waals surface area contributed by atoms with Crippen molar-refractivity contribution in [2.24, 2.45) is 0 Å². The predicted octanol–water partition coefficient (Wildman–Crippen LogP) is 2.14. The van der Waals surface area contributed by atoms with Crippen LogP contribution in [0, 0.1) is 0 Å². The van der Waals surface area contributed by atoms with E-state index < -0.39 is 0 Å². The van der Waals surface area contributed by atoms with E-state index in [1.165, 1.54) is 0 Å². The van der Waals surface area contributed by atoms with E-state index >= 15 is 0 Å². The van der Waals surface area contributed by atoms with E-state index in [9.17, 15) is 0 Å². The molecule has 0 saturated heterocycles. The van der Waals surface area contributed by atoms with Crippen LogP contribution >= 0.6 is 0 Å². The van der Waals surface area contributed by atoms with E-state index in [0.717, 1.165) is 25.1 Å². The van der Waals surface area contributed by atoms with E-state index in [2.05, 4.69) is 49.5 Å². The minimum atomic E-state index is 0.0920. The van der Waals surface area contributed by atoms with Crippen LogP contribution in [0.2, 0.25) is 0 Å². The van der Waals surface area contributed by atoms with Crippen LogP contribution in [0.3, 0.4) is 0 Å². The van der Waals surface area contributed by atoms with Gasteiger partial charge >= 0.3 is 0 Å². The van der Waals surface area contributed by atoms with E-state index in [1.807, 2.05) is 11.7 Å². The van der Waals surface area contributed by atoms with Crippen molar-refractivity contribution in [2.45, 2.75) is 52.0 Å². The molecule has 1 N–H and O–H groups in total. The van der Waals surface area contributed by atoms with Gasteiger partial charge in [0.15, 0.2) is 0 Å². The molecule has 1 aromatic rings. The molecule has 0 fully saturated rings. The normalized spacial score (nSPS) is 14.1. The third-order valence-corrected chi connectivity index (χ3v) is 3.25. The summed E-state index contributed by atoms with van der Waals surface area (Å²) in [7, 11) is 1.98. The van der Waals surface area contributed by atoms with Crippen molar-refractivity contribution in [3.63, 3.8) is 0 Å². The molecule has 1 atom stereocenters. The number of nitrogens with one attached hydrogen (secondary N) is 1. The Labute approximate surface area is 98.4 Å². The lowest BCUT2D eigenvalue weighted by Gasteiger charge is -2.21. The number of nitrogens with zero attached hydrogens (tertiary/aromatic N) is 3. The second kappa shape index (κ2) is 5.43. The minimum absolute atomic E-state index is 0.0920. The number of rotatable bonds is 6. The van der Waals surface area contributed by atoms with Crippen molar-refractivity contribution in [3.8, 4) is 0 Å². The van der Waals surface area contributed by atoms with Crippen LogP contribution in [0.15, 0.2) is 6.20 Å². The molecule has 1 rings (SSSR count). The second-order valence-electron chi connectivity index (χ2n) is 5.08. The van der Waals surface area contributed by atoms with Gasteiger partial charge in [0.1, 0.15) is 0 Å². The molecule has 0 aromatic carbocycles. The Morgan fingerprint density at radius 3 is 2.75 bits per heavy atom. The lowest BCUT2D eigenvalue weighted by molar-refractivity contribution is 0.455. The zero-order valence-electron chi connectivity index (χ0n) is 11.1. The molecule has 0 aliphatic carbocycles. The highest BCUT2D eigenvalue weighted by Gasteiger charge is 2.24. The monoisotopic (exact) mass is 224 g/mol. The molecule has 1 heterocycles. The van der Waals surface area contributed by atoms with Crippen LogP contribution in [0.1, 0.15) is 52.3 Å². The Morgan fingerprint density at radius 1 is 1.50 bits per heavy atom. The zero-order chi connectivity index (χ0) is 12.2. The standard InChI is InChI=1S/C12H24N4/c1-6-10(2)16-9-11(14-15-16)12(3,4)7-8-13-5/h9-10,13H,6-8H2,1-5H3. The van der Waals surface area contributed by atoms with Gasteiger partial charge in [0, 0.05) is 11.6 Å². The third kappa shape index (κ3) is 3.04. The molecule has 1 aromatic heterocycles. The second-order valence-corrected chi connectivity index (χ2v) is 5.08. The zero-order valence-corrected chi connectivity index (χ0v) is 11.1. The van der Waals surface area contributed by atoms with Crippen LogP contribution in [0.4, 0.5) is 0 Å². The van der Waals surface area contributed by atoms with Crippen LogP contribution in [0.5, 0.6) is 0 Å². The van der Waals surface area contributed by atoms with Crippen LogP contribution in [-0.2, 0) is 5.41 Å². The maximum Gasteiger partial charge on any atom is 0.0883 e. The fraction of sp³-hybridized carbons (Fsp3) is 0.833. The summed E-state index contributed by atoms with van der Waals surface area (Å²) in [5, 5.41) is 11.7. The summed E-state index contributed by atoms with van der Waals surface area (Å²) < 4.78 is 1.97. The summed E-state index contributed by atoms with van der Waals surface area (Å²) in [6.45, 7) is 9.77. The molecule has 4 heteroatoms. The first kappa shape index (κ1) is 13.2. The average Bonchev–Trinajstić information content (AvgIpc) is 2.75. The summed E-state index contributed by atoms with van der Waals surface area (Å²) in [5.74, 6) is 0. The van der Waals surface area contributed by atoms with E-state index in [4.69, 9.17) is 0 Å². The molecule has 4 nitrogen and oxygen atoms in total. The summed E-state index contributed by atoms with van der Waals surface area (Å²) in [6, 6.07) is 0.432. The molecule has 0 saturated carbocycles. The molecular weight excluding hydrogens is 200 g/mol. The van der Waals surface area contributed by atoms with Gasteiger partial charge in [0.25, 0.3) is 0 Å². The third-order valence-electron chi connectivity index (χ3n) is 3.25. The lowest BCUT2D eigenvalue weighted by atomic mass is 9.86. The lowest BCUT2D eigenvalue weighted by Crippen LogP contribution is -2.24. The van der Waals surface area contributed by atoms with Crippen molar-refractivity contribution in [2.75, 3.05) is 13.6 Å². The molecule has 0 aliphatic rings. The summed E-state index contributed by atoms with van der Waals surface area (Å²) in [5.41, 5.74) is 1.18. The van der Waals surface area contributed by atoms with E-state index in [0.29, 0.717) is 6.04 Å². The summed E-state index contributed by atoms with van der Waals surface area (Å²) >= 11 is 0. The van der Waals surface area contributed by atoms with Crippen LogP contribution in [-0.4, -0.2) is 28.6 Å². The largest absolute Gasteiger partial charge is 0.320 e. The van der Waals surface area contributed by atoms with Crippen LogP contribution < -0.4 is 5.32 Å². The molecule has 0 aliphatic heterocycles. The number of hydrogen-bond acceptors (Lipinski definition) is 3. The van der Waals surface area contributed by atoms with Gasteiger partial charge in [-0.15, -0.1) is 5.10 Å². The molecule has 92 valence electrons. The van der Waals surface area contributed by atoms with Gasteiger partial charge in [0.2, 0.25) is 0 Å². The van der Waals surface area contributed by atoms with Gasteiger partial charge in [-0.05, 0) is 33.4 Å². The minimum Gasteiger partial charge on any atom is -0.320 e. The van der Waals surface area contributed by atoms with Crippen molar-refractivity contribution < 1.29 is 0 Å². The fourth-order valence-corrected chi connectivity index (χ4v) is 1.55. The van der Waals surface area contributed by atoms with E-state index in [-0.39, 0.29) is 5.41 Å². The molecule has 0 spiro atoms. The molecule has 16 heavy (non-hydrogen) atoms. The first-order valence-electron chi connectivity index (χ1n) is 6.08. The van der Waals surface area contributed by atoms with Crippen molar-refractivity contribution in [3.05, 3.63) is 11.9 Å². The fourth-order valence-electron chi connectivity index (χ4n) is 1.55. The Kier molecular flexibility index (Phi) is 4.47.